The van der Waals surface area contributed by atoms with Gasteiger partial charge in [-0.05, 0) is 41.8 Å². The lowest BCUT2D eigenvalue weighted by molar-refractivity contribution is 0.0949. The summed E-state index contributed by atoms with van der Waals surface area (Å²) in [6, 6.07) is 9.50. The van der Waals surface area contributed by atoms with Crippen molar-refractivity contribution in [3.8, 4) is 0 Å². The van der Waals surface area contributed by atoms with E-state index in [-0.39, 0.29) is 17.5 Å². The van der Waals surface area contributed by atoms with E-state index in [9.17, 15) is 19.1 Å². The van der Waals surface area contributed by atoms with Gasteiger partial charge >= 0.3 is 6.03 Å². The van der Waals surface area contributed by atoms with Crippen LogP contribution < -0.4 is 16.0 Å². The summed E-state index contributed by atoms with van der Waals surface area (Å²) in [7, 11) is 0. The Bertz CT molecular complexity index is 845. The molecule has 1 atom stereocenters. The number of carbonyl (C=O) groups excluding carboxylic acids is 2. The lowest BCUT2D eigenvalue weighted by Crippen LogP contribution is -2.32. The number of nitrogens with one attached hydrogen (secondary N) is 3. The zero-order chi connectivity index (χ0) is 20.7. The van der Waals surface area contributed by atoms with Crippen molar-refractivity contribution in [2.75, 3.05) is 18.4 Å². The topological polar surface area (TPSA) is 90.5 Å². The second-order valence-corrected chi connectivity index (χ2v) is 7.11. The third-order valence-electron chi connectivity index (χ3n) is 3.83. The van der Waals surface area contributed by atoms with E-state index in [4.69, 9.17) is 11.6 Å². The summed E-state index contributed by atoms with van der Waals surface area (Å²) in [5, 5.41) is 18.1. The molecule has 0 saturated carbocycles. The predicted octanol–water partition coefficient (Wildman–Crippen LogP) is 3.72. The highest BCUT2D eigenvalue weighted by Gasteiger charge is 2.13. The van der Waals surface area contributed by atoms with Crippen molar-refractivity contribution in [2.45, 2.75) is 20.0 Å². The van der Waals surface area contributed by atoms with Crippen LogP contribution in [0.4, 0.5) is 14.9 Å². The summed E-state index contributed by atoms with van der Waals surface area (Å²) in [5.41, 5.74) is 1.07. The van der Waals surface area contributed by atoms with Crippen LogP contribution in [0.3, 0.4) is 0 Å². The van der Waals surface area contributed by atoms with Crippen LogP contribution >= 0.6 is 11.6 Å². The Morgan fingerprint density at radius 2 is 1.86 bits per heavy atom. The summed E-state index contributed by atoms with van der Waals surface area (Å²) < 4.78 is 13.2. The second kappa shape index (κ2) is 10.1. The number of anilines is 1. The molecule has 0 aliphatic heterocycles. The van der Waals surface area contributed by atoms with Crippen LogP contribution in [0.1, 0.15) is 35.9 Å². The number of aliphatic hydroxyl groups is 1. The fraction of sp³-hybridized carbons (Fsp3) is 0.300. The Kier molecular flexibility index (Phi) is 7.78. The molecule has 8 heteroatoms. The maximum atomic E-state index is 13.2. The molecular formula is C20H23ClFN3O3. The van der Waals surface area contributed by atoms with Crippen molar-refractivity contribution >= 4 is 29.2 Å². The first-order valence-corrected chi connectivity index (χ1v) is 9.20. The fourth-order valence-electron chi connectivity index (χ4n) is 2.37. The molecule has 6 nitrogen and oxygen atoms in total. The van der Waals surface area contributed by atoms with Crippen molar-refractivity contribution < 1.29 is 19.1 Å². The highest BCUT2D eigenvalue weighted by molar-refractivity contribution is 6.34. The molecule has 0 aliphatic carbocycles. The summed E-state index contributed by atoms with van der Waals surface area (Å²) in [5.74, 6) is -0.434. The fourth-order valence-corrected chi connectivity index (χ4v) is 2.63. The molecule has 2 aromatic carbocycles. The number of aliphatic hydroxyl groups excluding tert-OH is 1. The lowest BCUT2D eigenvalue weighted by atomic mass is 10.1. The van der Waals surface area contributed by atoms with Gasteiger partial charge in [0.25, 0.3) is 5.91 Å². The van der Waals surface area contributed by atoms with E-state index in [1.807, 2.05) is 13.8 Å². The molecule has 0 bridgehead atoms. The highest BCUT2D eigenvalue weighted by atomic mass is 35.5. The number of benzene rings is 2. The standard InChI is InChI=1S/C20H23ClFN3O3/c1-12(2)10-23-19(27)16-7-6-15(9-17(16)21)25-20(28)24-11-18(26)13-4-3-5-14(22)8-13/h3-9,12,18,26H,10-11H2,1-2H3,(H,23,27)(H2,24,25,28). The molecule has 2 rings (SSSR count). The molecule has 0 fully saturated rings. The van der Waals surface area contributed by atoms with Crippen molar-refractivity contribution in [3.05, 3.63) is 64.4 Å². The normalized spacial score (nSPS) is 11.8. The molecule has 150 valence electrons. The molecule has 0 aromatic heterocycles. The van der Waals surface area contributed by atoms with Crippen LogP contribution in [-0.4, -0.2) is 30.1 Å². The van der Waals surface area contributed by atoms with Crippen LogP contribution in [-0.2, 0) is 0 Å². The minimum Gasteiger partial charge on any atom is -0.387 e. The van der Waals surface area contributed by atoms with E-state index in [0.29, 0.717) is 29.3 Å². The maximum absolute atomic E-state index is 13.2. The number of rotatable bonds is 7. The van der Waals surface area contributed by atoms with Gasteiger partial charge in [-0.25, -0.2) is 9.18 Å². The van der Waals surface area contributed by atoms with Gasteiger partial charge in [-0.2, -0.15) is 0 Å². The van der Waals surface area contributed by atoms with E-state index in [2.05, 4.69) is 16.0 Å². The van der Waals surface area contributed by atoms with Gasteiger partial charge in [0.05, 0.1) is 16.7 Å². The van der Waals surface area contributed by atoms with Crippen molar-refractivity contribution in [1.29, 1.82) is 0 Å². The first kappa shape index (κ1) is 21.7. The van der Waals surface area contributed by atoms with Crippen LogP contribution in [0.15, 0.2) is 42.5 Å². The molecule has 4 N–H and O–H groups in total. The number of hydrogen-bond acceptors (Lipinski definition) is 3. The highest BCUT2D eigenvalue weighted by Crippen LogP contribution is 2.21. The molecule has 0 radical (unpaired) electrons. The van der Waals surface area contributed by atoms with Gasteiger partial charge in [0.15, 0.2) is 0 Å². The molecule has 0 spiro atoms. The molecular weight excluding hydrogens is 385 g/mol. The van der Waals surface area contributed by atoms with Crippen molar-refractivity contribution in [3.63, 3.8) is 0 Å². The minimum atomic E-state index is -1.04. The van der Waals surface area contributed by atoms with Gasteiger partial charge < -0.3 is 21.1 Å². The lowest BCUT2D eigenvalue weighted by Gasteiger charge is -2.14. The number of amides is 3. The van der Waals surface area contributed by atoms with Crippen molar-refractivity contribution in [2.24, 2.45) is 5.92 Å². The summed E-state index contributed by atoms with van der Waals surface area (Å²) in [4.78, 5) is 24.1. The van der Waals surface area contributed by atoms with Crippen molar-refractivity contribution in [1.82, 2.24) is 10.6 Å². The first-order chi connectivity index (χ1) is 13.3. The Hall–Kier alpha value is -2.64. The van der Waals surface area contributed by atoms with Gasteiger partial charge in [-0.15, -0.1) is 0 Å². The Balaban J connectivity index is 1.89. The number of carbonyl (C=O) groups is 2. The van der Waals surface area contributed by atoms with Crippen LogP contribution in [0.2, 0.25) is 5.02 Å². The monoisotopic (exact) mass is 407 g/mol. The third kappa shape index (κ3) is 6.51. The molecule has 0 saturated heterocycles. The van der Waals surface area contributed by atoms with E-state index in [1.165, 1.54) is 30.3 Å². The molecule has 1 unspecified atom stereocenters. The van der Waals surface area contributed by atoms with Crippen LogP contribution in [0, 0.1) is 11.7 Å². The Morgan fingerprint density at radius 1 is 1.11 bits per heavy atom. The largest absolute Gasteiger partial charge is 0.387 e. The number of halogens is 2. The molecule has 0 heterocycles. The number of hydrogen-bond donors (Lipinski definition) is 4. The molecule has 28 heavy (non-hydrogen) atoms. The van der Waals surface area contributed by atoms with Gasteiger partial charge in [0.2, 0.25) is 0 Å². The SMILES string of the molecule is CC(C)CNC(=O)c1ccc(NC(=O)NCC(O)c2cccc(F)c2)cc1Cl. The summed E-state index contributed by atoms with van der Waals surface area (Å²) in [6.07, 6.45) is -1.04. The molecule has 3 amide bonds. The average Bonchev–Trinajstić information content (AvgIpc) is 2.64. The molecule has 0 aliphatic rings. The van der Waals surface area contributed by atoms with Gasteiger partial charge in [-0.1, -0.05) is 37.6 Å². The van der Waals surface area contributed by atoms with E-state index >= 15 is 0 Å². The van der Waals surface area contributed by atoms with Crippen LogP contribution in [0.5, 0.6) is 0 Å². The van der Waals surface area contributed by atoms with Gasteiger partial charge in [0, 0.05) is 18.8 Å². The molecule has 2 aromatic rings. The third-order valence-corrected chi connectivity index (χ3v) is 4.14. The minimum absolute atomic E-state index is 0.0985. The first-order valence-electron chi connectivity index (χ1n) is 8.82. The number of urea groups is 1. The van der Waals surface area contributed by atoms with E-state index < -0.39 is 18.0 Å². The maximum Gasteiger partial charge on any atom is 0.319 e. The Morgan fingerprint density at radius 3 is 2.50 bits per heavy atom. The van der Waals surface area contributed by atoms with Gasteiger partial charge in [0.1, 0.15) is 5.82 Å². The van der Waals surface area contributed by atoms with Crippen LogP contribution in [0.25, 0.3) is 0 Å². The van der Waals surface area contributed by atoms with E-state index in [1.54, 1.807) is 12.1 Å². The van der Waals surface area contributed by atoms with Gasteiger partial charge in [-0.3, -0.25) is 4.79 Å². The summed E-state index contributed by atoms with van der Waals surface area (Å²) in [6.45, 7) is 4.40. The predicted molar refractivity (Wildman–Crippen MR) is 107 cm³/mol. The summed E-state index contributed by atoms with van der Waals surface area (Å²) >= 11 is 6.14. The Labute approximate surface area is 168 Å². The zero-order valence-electron chi connectivity index (χ0n) is 15.6. The van der Waals surface area contributed by atoms with E-state index in [0.717, 1.165) is 0 Å². The second-order valence-electron chi connectivity index (χ2n) is 6.70. The zero-order valence-corrected chi connectivity index (χ0v) is 16.4. The smallest absolute Gasteiger partial charge is 0.319 e. The quantitative estimate of drug-likeness (QED) is 0.563. The average molecular weight is 408 g/mol.